The van der Waals surface area contributed by atoms with Crippen molar-refractivity contribution in [2.45, 2.75) is 141 Å². The molecule has 446 valence electrons. The number of ether oxygens (including phenoxy) is 7. The molecule has 2 aromatic carbocycles. The second-order valence-corrected chi connectivity index (χ2v) is 22.4. The molecule has 21 nitrogen and oxygen atoms in total. The van der Waals surface area contributed by atoms with E-state index in [4.69, 9.17) is 62.7 Å². The molecule has 0 saturated carbocycles. The Morgan fingerprint density at radius 2 is 1.72 bits per heavy atom. The van der Waals surface area contributed by atoms with E-state index in [0.717, 1.165) is 11.1 Å². The number of rotatable bonds is 25. The minimum Gasteiger partial charge on any atom is -0.495 e. The number of thiocarbonyl (C=S) groups is 1. The van der Waals surface area contributed by atoms with Gasteiger partial charge in [0.05, 0.1) is 69.2 Å². The van der Waals surface area contributed by atoms with Crippen LogP contribution < -0.4 is 36.6 Å². The summed E-state index contributed by atoms with van der Waals surface area (Å²) in [6.45, 7) is 12.7. The minimum atomic E-state index is -1.63. The predicted octanol–water partition coefficient (Wildman–Crippen LogP) is 6.26. The average Bonchev–Trinajstić information content (AvgIpc) is 4.21. The number of esters is 1. The standard InChI is InChI=1S/C58H81ClN6O15S/c1-34(2)41(30-49(81)61-21-23-77-25-24-76-22-19-36(4)66)54(70)64-42(13-11-20-62-55(60)71)44(67)28-38-15-17-40(18-16-38)63-56(72)79-48-31-50(68)65(7)43-27-39(29-45(74-8)52(43)59)26-35(3)12-10-14-47(75-9)58(73)32-46(78-51(69)33-58)37(5)53-57(48,6)80-53/h10,12,14-18,27,29,34,37,41-42,46-48,53,73H,11,13,19-26,28,30-33H2,1-9H3,(H,61,81)(H,63,72)(H,64,70)(H3,60,62,71)/b14-10+,35-12+/t37-,41+,42+,46+,47-,48+,53+,57+,58-/m1/s1. The van der Waals surface area contributed by atoms with E-state index in [0.29, 0.717) is 79.9 Å². The van der Waals surface area contributed by atoms with Crippen molar-refractivity contribution in [3.05, 3.63) is 76.3 Å². The summed E-state index contributed by atoms with van der Waals surface area (Å²) < 4.78 is 40.6. The van der Waals surface area contributed by atoms with Gasteiger partial charge in [0.2, 0.25) is 11.8 Å². The van der Waals surface area contributed by atoms with Gasteiger partial charge in [-0.2, -0.15) is 0 Å². The molecule has 2 saturated heterocycles. The van der Waals surface area contributed by atoms with Gasteiger partial charge in [-0.25, -0.2) is 9.59 Å². The number of benzene rings is 2. The average molecular weight is 1170 g/mol. The third-order valence-electron chi connectivity index (χ3n) is 14.8. The lowest BCUT2D eigenvalue weighted by atomic mass is 9.78. The van der Waals surface area contributed by atoms with Crippen LogP contribution in [0.3, 0.4) is 0 Å². The molecule has 9 atom stereocenters. The Morgan fingerprint density at radius 3 is 2.37 bits per heavy atom. The van der Waals surface area contributed by atoms with Crippen LogP contribution in [0.5, 0.6) is 5.75 Å². The lowest BCUT2D eigenvalue weighted by Gasteiger charge is -2.41. The number of epoxide rings is 1. The van der Waals surface area contributed by atoms with Gasteiger partial charge in [0, 0.05) is 70.5 Å². The van der Waals surface area contributed by atoms with Gasteiger partial charge in [-0.05, 0) is 81.3 Å². The van der Waals surface area contributed by atoms with E-state index >= 15 is 0 Å². The molecular formula is C58H81ClN6O15S. The molecule has 0 spiro atoms. The maximum atomic E-state index is 14.4. The lowest BCUT2D eigenvalue weighted by molar-refractivity contribution is -0.187. The van der Waals surface area contributed by atoms with Gasteiger partial charge >= 0.3 is 18.1 Å². The molecule has 7 N–H and O–H groups in total. The number of primary amides is 1. The monoisotopic (exact) mass is 1170 g/mol. The molecular weight excluding hydrogens is 1090 g/mol. The number of Topliss-reactive ketones (excluding diaryl/α,β-unsaturated/α-hetero) is 2. The summed E-state index contributed by atoms with van der Waals surface area (Å²) in [5, 5.41) is 23.5. The van der Waals surface area contributed by atoms with Gasteiger partial charge in [-0.15, -0.1) is 0 Å². The molecule has 81 heavy (non-hydrogen) atoms. The van der Waals surface area contributed by atoms with Gasteiger partial charge in [-0.3, -0.25) is 29.3 Å². The third kappa shape index (κ3) is 19.6. The fraction of sp³-hybridized carbons (Fsp3) is 0.586. The molecule has 0 aliphatic carbocycles. The summed E-state index contributed by atoms with van der Waals surface area (Å²) in [6, 6.07) is 8.37. The number of allylic oxidation sites excluding steroid dienone is 3. The number of fused-ring (bicyclic) bond motifs is 5. The topological polar surface area (TPSA) is 285 Å². The van der Waals surface area contributed by atoms with Crippen molar-refractivity contribution < 1.29 is 71.8 Å². The molecule has 0 radical (unpaired) electrons. The number of nitrogens with two attached hydrogens (primary N) is 1. The number of aliphatic hydroxyl groups is 1. The number of urea groups is 1. The summed E-state index contributed by atoms with van der Waals surface area (Å²) in [5.74, 6) is -2.64. The Balaban J connectivity index is 1.29. The molecule has 4 bridgehead atoms. The van der Waals surface area contributed by atoms with Crippen LogP contribution in [-0.2, 0) is 65.2 Å². The number of anilines is 2. The fourth-order valence-electron chi connectivity index (χ4n) is 9.98. The fourth-order valence-corrected chi connectivity index (χ4v) is 10.6. The van der Waals surface area contributed by atoms with Crippen molar-refractivity contribution in [3.63, 3.8) is 0 Å². The first kappa shape index (κ1) is 65.8. The number of methoxy groups -OCH3 is 2. The van der Waals surface area contributed by atoms with Crippen LogP contribution in [-0.4, -0.2) is 154 Å². The normalized spacial score (nSPS) is 24.7. The first-order chi connectivity index (χ1) is 38.4. The second kappa shape index (κ2) is 30.9. The Labute approximate surface area is 485 Å². The van der Waals surface area contributed by atoms with Crippen LogP contribution in [0.4, 0.5) is 21.0 Å². The van der Waals surface area contributed by atoms with Crippen LogP contribution in [0.2, 0.25) is 5.02 Å². The first-order valence-electron chi connectivity index (χ1n) is 27.3. The van der Waals surface area contributed by atoms with Gasteiger partial charge in [-0.1, -0.05) is 80.5 Å². The highest BCUT2D eigenvalue weighted by atomic mass is 35.5. The molecule has 2 fully saturated rings. The number of ketones is 2. The maximum absolute atomic E-state index is 14.4. The second-order valence-electron chi connectivity index (χ2n) is 21.5. The molecule has 3 aliphatic heterocycles. The smallest absolute Gasteiger partial charge is 0.412 e. The quantitative estimate of drug-likeness (QED) is 0.0277. The van der Waals surface area contributed by atoms with E-state index in [2.05, 4.69) is 21.3 Å². The maximum Gasteiger partial charge on any atom is 0.412 e. The van der Waals surface area contributed by atoms with Crippen LogP contribution in [0.15, 0.2) is 60.2 Å². The van der Waals surface area contributed by atoms with E-state index in [1.165, 1.54) is 26.0 Å². The minimum absolute atomic E-state index is 0.0122. The predicted molar refractivity (Wildman–Crippen MR) is 308 cm³/mol. The van der Waals surface area contributed by atoms with Crippen LogP contribution in [0.25, 0.3) is 0 Å². The molecule has 3 heterocycles. The Hall–Kier alpha value is -6.01. The number of nitrogens with zero attached hydrogens (tertiary/aromatic N) is 1. The van der Waals surface area contributed by atoms with Crippen molar-refractivity contribution >= 4 is 81.7 Å². The molecule has 23 heteroatoms. The van der Waals surface area contributed by atoms with Gasteiger partial charge in [0.15, 0.2) is 5.78 Å². The summed E-state index contributed by atoms with van der Waals surface area (Å²) in [4.78, 5) is 93.7. The number of halogens is 1. The Bertz CT molecular complexity index is 2620. The molecule has 3 aliphatic rings. The third-order valence-corrected chi connectivity index (χ3v) is 15.5. The van der Waals surface area contributed by atoms with Gasteiger partial charge in [0.1, 0.15) is 46.1 Å². The number of carbonyl (C=O) groups is 7. The highest BCUT2D eigenvalue weighted by molar-refractivity contribution is 7.80. The van der Waals surface area contributed by atoms with Crippen molar-refractivity contribution in [2.75, 3.05) is 71.0 Å². The first-order valence-corrected chi connectivity index (χ1v) is 28.1. The van der Waals surface area contributed by atoms with Crippen molar-refractivity contribution in [1.29, 1.82) is 0 Å². The van der Waals surface area contributed by atoms with Gasteiger partial charge in [0.25, 0.3) is 0 Å². The number of amides is 5. The van der Waals surface area contributed by atoms with E-state index in [1.54, 1.807) is 69.4 Å². The van der Waals surface area contributed by atoms with Crippen molar-refractivity contribution in [1.82, 2.24) is 16.0 Å². The Kier molecular flexibility index (Phi) is 25.1. The highest BCUT2D eigenvalue weighted by Crippen LogP contribution is 2.50. The van der Waals surface area contributed by atoms with E-state index in [9.17, 15) is 38.7 Å². The van der Waals surface area contributed by atoms with Gasteiger partial charge < -0.3 is 64.8 Å². The highest BCUT2D eigenvalue weighted by Gasteiger charge is 2.64. The van der Waals surface area contributed by atoms with Crippen LogP contribution in [0, 0.1) is 17.8 Å². The van der Waals surface area contributed by atoms with Crippen LogP contribution in [0.1, 0.15) is 97.6 Å². The number of carbonyl (C=O) groups excluding carboxylic acids is 7. The van der Waals surface area contributed by atoms with Crippen LogP contribution >= 0.6 is 23.8 Å². The largest absolute Gasteiger partial charge is 0.495 e. The SMILES string of the molecule is COc1cc2cc(c1Cl)N(C)C(=O)C[C@H](OC(=O)Nc1ccc(CC(=O)[C@H](CCCNC(N)=O)NC(=O)[C@@H](CC(=S)NCCOCCOCCC(C)=O)C(C)C)cc1)[C@]1(C)O[C@H]1[C@H](C)[C@@H]1C[C@@](O)(CC(=O)O1)[C@H](OC)/C=C/C=C(\C)C2. The molecule has 5 rings (SSSR count). The zero-order valence-electron chi connectivity index (χ0n) is 47.9. The summed E-state index contributed by atoms with van der Waals surface area (Å²) >= 11 is 12.4. The van der Waals surface area contributed by atoms with E-state index < -0.39 is 77.5 Å². The molecule has 0 aromatic heterocycles. The zero-order valence-corrected chi connectivity index (χ0v) is 49.5. The van der Waals surface area contributed by atoms with E-state index in [-0.39, 0.29) is 73.5 Å². The molecule has 5 amide bonds. The number of hydrogen-bond donors (Lipinski definition) is 6. The zero-order chi connectivity index (χ0) is 59.6. The summed E-state index contributed by atoms with van der Waals surface area (Å²) in [6.07, 6.45) is 1.56. The number of hydrogen-bond acceptors (Lipinski definition) is 16. The van der Waals surface area contributed by atoms with Crippen molar-refractivity contribution in [2.24, 2.45) is 23.5 Å². The Morgan fingerprint density at radius 1 is 1.01 bits per heavy atom. The lowest BCUT2D eigenvalue weighted by Crippen LogP contribution is -2.53. The summed E-state index contributed by atoms with van der Waals surface area (Å²) in [7, 11) is 4.49. The van der Waals surface area contributed by atoms with Crippen molar-refractivity contribution in [3.8, 4) is 5.75 Å². The summed E-state index contributed by atoms with van der Waals surface area (Å²) in [5.41, 5.74) is 5.28. The molecule has 0 unspecified atom stereocenters. The molecule has 2 aromatic rings. The number of nitrogens with one attached hydrogen (secondary N) is 4. The van der Waals surface area contributed by atoms with E-state index in [1.807, 2.05) is 26.8 Å².